The molecule has 2 aromatic rings. The average molecular weight is 348 g/mol. The second-order valence-electron chi connectivity index (χ2n) is 5.97. The van der Waals surface area contributed by atoms with Gasteiger partial charge in [0, 0.05) is 35.7 Å². The molecule has 3 heterocycles. The zero-order chi connectivity index (χ0) is 14.2. The van der Waals surface area contributed by atoms with Gasteiger partial charge in [-0.2, -0.15) is 0 Å². The molecule has 0 aromatic carbocycles. The minimum Gasteiger partial charge on any atom is -0.370 e. The van der Waals surface area contributed by atoms with Crippen LogP contribution in [0.15, 0.2) is 29.3 Å². The van der Waals surface area contributed by atoms with E-state index in [9.17, 15) is 0 Å². The second-order valence-corrected chi connectivity index (χ2v) is 6.89. The van der Waals surface area contributed by atoms with Gasteiger partial charge >= 0.3 is 0 Å². The fourth-order valence-electron chi connectivity index (χ4n) is 3.17. The highest BCUT2D eigenvalue weighted by atomic mass is 79.9. The summed E-state index contributed by atoms with van der Waals surface area (Å²) in [5.74, 6) is 1.64. The molecule has 1 aliphatic heterocycles. The monoisotopic (exact) mass is 347 g/mol. The van der Waals surface area contributed by atoms with Gasteiger partial charge in [-0.25, -0.2) is 0 Å². The van der Waals surface area contributed by atoms with Gasteiger partial charge < -0.3 is 9.47 Å². The van der Waals surface area contributed by atoms with Crippen molar-refractivity contribution in [3.63, 3.8) is 0 Å². The Hall–Kier alpha value is -1.43. The Morgan fingerprint density at radius 2 is 2.10 bits per heavy atom. The molecule has 1 unspecified atom stereocenters. The highest BCUT2D eigenvalue weighted by molar-refractivity contribution is 9.10. The molecular weight excluding hydrogens is 330 g/mol. The van der Waals surface area contributed by atoms with Crippen LogP contribution in [0.4, 0.5) is 5.69 Å². The summed E-state index contributed by atoms with van der Waals surface area (Å²) >= 11 is 3.51. The number of nitrogens with zero attached hydrogens (tertiary/aromatic N) is 5. The van der Waals surface area contributed by atoms with E-state index in [2.05, 4.69) is 46.6 Å². The van der Waals surface area contributed by atoms with Gasteiger partial charge in [-0.1, -0.05) is 0 Å². The van der Waals surface area contributed by atoms with Crippen molar-refractivity contribution < 1.29 is 0 Å². The van der Waals surface area contributed by atoms with Crippen LogP contribution in [0.25, 0.3) is 0 Å². The van der Waals surface area contributed by atoms with Crippen LogP contribution in [0.3, 0.4) is 0 Å². The quantitative estimate of drug-likeness (QED) is 0.855. The van der Waals surface area contributed by atoms with E-state index >= 15 is 0 Å². The van der Waals surface area contributed by atoms with Gasteiger partial charge in [0.25, 0.3) is 0 Å². The van der Waals surface area contributed by atoms with Gasteiger partial charge in [0.15, 0.2) is 0 Å². The number of halogens is 1. The van der Waals surface area contributed by atoms with Crippen LogP contribution in [0.5, 0.6) is 0 Å². The van der Waals surface area contributed by atoms with Crippen LogP contribution in [-0.2, 0) is 0 Å². The van der Waals surface area contributed by atoms with Crippen LogP contribution >= 0.6 is 15.9 Å². The molecule has 110 valence electrons. The Morgan fingerprint density at radius 1 is 1.19 bits per heavy atom. The molecule has 0 amide bonds. The third kappa shape index (κ3) is 2.69. The van der Waals surface area contributed by atoms with Gasteiger partial charge in [0.1, 0.15) is 12.2 Å². The zero-order valence-electron chi connectivity index (χ0n) is 11.8. The predicted molar refractivity (Wildman–Crippen MR) is 84.4 cm³/mol. The van der Waals surface area contributed by atoms with Crippen molar-refractivity contribution in [2.24, 2.45) is 0 Å². The van der Waals surface area contributed by atoms with Crippen molar-refractivity contribution in [3.05, 3.63) is 35.1 Å². The van der Waals surface area contributed by atoms with Crippen molar-refractivity contribution in [2.75, 3.05) is 18.0 Å². The first-order chi connectivity index (χ1) is 10.3. The van der Waals surface area contributed by atoms with Crippen LogP contribution in [0, 0.1) is 0 Å². The molecule has 2 aromatic heterocycles. The molecule has 2 aliphatic rings. The third-order valence-corrected chi connectivity index (χ3v) is 4.82. The predicted octanol–water partition coefficient (Wildman–Crippen LogP) is 3.15. The fourth-order valence-corrected chi connectivity index (χ4v) is 3.53. The number of piperidine rings is 1. The Morgan fingerprint density at radius 3 is 2.90 bits per heavy atom. The summed E-state index contributed by atoms with van der Waals surface area (Å²) in [6.07, 6.45) is 10.6. The number of aromatic nitrogens is 4. The summed E-state index contributed by atoms with van der Waals surface area (Å²) in [4.78, 5) is 6.70. The number of hydrogen-bond acceptors (Lipinski definition) is 4. The Bertz CT molecular complexity index is 636. The van der Waals surface area contributed by atoms with Crippen LogP contribution in [0.1, 0.15) is 43.5 Å². The zero-order valence-corrected chi connectivity index (χ0v) is 13.4. The number of anilines is 1. The molecule has 1 saturated carbocycles. The van der Waals surface area contributed by atoms with E-state index in [4.69, 9.17) is 0 Å². The van der Waals surface area contributed by atoms with Crippen molar-refractivity contribution >= 4 is 21.6 Å². The first kappa shape index (κ1) is 13.2. The molecule has 0 radical (unpaired) electrons. The molecule has 0 N–H and O–H groups in total. The minimum absolute atomic E-state index is 0.473. The average Bonchev–Trinajstić information content (AvgIpc) is 3.24. The normalized spacial score (nSPS) is 22.5. The largest absolute Gasteiger partial charge is 0.370 e. The SMILES string of the molecule is Brc1cncc(N2CCCC(c3nncn3C3CC3)C2)c1. The maximum Gasteiger partial charge on any atom is 0.137 e. The van der Waals surface area contributed by atoms with Gasteiger partial charge in [-0.3, -0.25) is 4.98 Å². The minimum atomic E-state index is 0.473. The lowest BCUT2D eigenvalue weighted by Gasteiger charge is -2.34. The van der Waals surface area contributed by atoms with E-state index in [1.807, 2.05) is 18.7 Å². The maximum atomic E-state index is 4.41. The molecule has 2 fully saturated rings. The summed E-state index contributed by atoms with van der Waals surface area (Å²) in [7, 11) is 0. The summed E-state index contributed by atoms with van der Waals surface area (Å²) in [5.41, 5.74) is 1.19. The van der Waals surface area contributed by atoms with Crippen molar-refractivity contribution in [1.82, 2.24) is 19.7 Å². The topological polar surface area (TPSA) is 46.8 Å². The number of hydrogen-bond donors (Lipinski definition) is 0. The van der Waals surface area contributed by atoms with Gasteiger partial charge in [0.05, 0.1) is 11.9 Å². The van der Waals surface area contributed by atoms with E-state index in [0.717, 1.165) is 17.6 Å². The lowest BCUT2D eigenvalue weighted by molar-refractivity contribution is 0.471. The van der Waals surface area contributed by atoms with Gasteiger partial charge in [-0.15, -0.1) is 10.2 Å². The summed E-state index contributed by atoms with van der Waals surface area (Å²) < 4.78 is 3.33. The summed E-state index contributed by atoms with van der Waals surface area (Å²) in [6.45, 7) is 2.09. The first-order valence-electron chi connectivity index (χ1n) is 7.56. The lowest BCUT2D eigenvalue weighted by atomic mass is 9.96. The Kier molecular flexibility index (Phi) is 3.41. The number of pyridine rings is 1. The molecule has 21 heavy (non-hydrogen) atoms. The Labute approximate surface area is 132 Å². The molecule has 0 spiro atoms. The van der Waals surface area contributed by atoms with Crippen molar-refractivity contribution in [2.45, 2.75) is 37.6 Å². The van der Waals surface area contributed by atoms with E-state index in [1.54, 1.807) is 0 Å². The Balaban J connectivity index is 1.56. The summed E-state index contributed by atoms with van der Waals surface area (Å²) in [6, 6.07) is 2.79. The summed E-state index contributed by atoms with van der Waals surface area (Å²) in [5, 5.41) is 8.55. The van der Waals surface area contributed by atoms with Gasteiger partial charge in [-0.05, 0) is 47.7 Å². The lowest BCUT2D eigenvalue weighted by Crippen LogP contribution is -2.35. The molecular formula is C15H18BrN5. The smallest absolute Gasteiger partial charge is 0.137 e. The highest BCUT2D eigenvalue weighted by Crippen LogP contribution is 2.38. The van der Waals surface area contributed by atoms with E-state index < -0.39 is 0 Å². The molecule has 0 bridgehead atoms. The third-order valence-electron chi connectivity index (χ3n) is 4.38. The van der Waals surface area contributed by atoms with Crippen LogP contribution < -0.4 is 4.90 Å². The molecule has 4 rings (SSSR count). The first-order valence-corrected chi connectivity index (χ1v) is 8.35. The molecule has 1 saturated heterocycles. The maximum absolute atomic E-state index is 4.41. The van der Waals surface area contributed by atoms with E-state index in [1.165, 1.54) is 37.2 Å². The molecule has 6 heteroatoms. The van der Waals surface area contributed by atoms with E-state index in [0.29, 0.717) is 12.0 Å². The molecule has 5 nitrogen and oxygen atoms in total. The van der Waals surface area contributed by atoms with E-state index in [-0.39, 0.29) is 0 Å². The van der Waals surface area contributed by atoms with Crippen LogP contribution in [-0.4, -0.2) is 32.8 Å². The van der Waals surface area contributed by atoms with Crippen molar-refractivity contribution in [1.29, 1.82) is 0 Å². The second kappa shape index (κ2) is 5.40. The van der Waals surface area contributed by atoms with Crippen LogP contribution in [0.2, 0.25) is 0 Å². The molecule has 1 aliphatic carbocycles. The highest BCUT2D eigenvalue weighted by Gasteiger charge is 2.31. The fraction of sp³-hybridized carbons (Fsp3) is 0.533. The van der Waals surface area contributed by atoms with Crippen molar-refractivity contribution in [3.8, 4) is 0 Å². The van der Waals surface area contributed by atoms with Gasteiger partial charge in [0.2, 0.25) is 0 Å². The standard InChI is InChI=1S/C15H18BrN5/c16-12-6-14(8-17-7-12)20-5-1-2-11(9-20)15-19-18-10-21(15)13-3-4-13/h6-8,10-11,13H,1-5,9H2. The number of rotatable bonds is 3. The molecule has 1 atom stereocenters.